The molecule has 2 nitrogen and oxygen atoms in total. The molecule has 16 heavy (non-hydrogen) atoms. The fourth-order valence-corrected chi connectivity index (χ4v) is 1.66. The van der Waals surface area contributed by atoms with E-state index >= 15 is 0 Å². The van der Waals surface area contributed by atoms with Crippen molar-refractivity contribution in [2.24, 2.45) is 0 Å². The smallest absolute Gasteiger partial charge is 0.0340 e. The fourth-order valence-electron chi connectivity index (χ4n) is 1.66. The molecule has 0 aromatic heterocycles. The fraction of sp³-hybridized carbons (Fsp3) is 0.143. The first kappa shape index (κ1) is 10.6. The van der Waals surface area contributed by atoms with Crippen LogP contribution < -0.4 is 11.1 Å². The summed E-state index contributed by atoms with van der Waals surface area (Å²) in [6.07, 6.45) is 0. The molecule has 0 aliphatic rings. The summed E-state index contributed by atoms with van der Waals surface area (Å²) in [4.78, 5) is 0. The average Bonchev–Trinajstić information content (AvgIpc) is 2.32. The second kappa shape index (κ2) is 4.71. The molecule has 0 bridgehead atoms. The lowest BCUT2D eigenvalue weighted by Gasteiger charge is -2.05. The number of hydrogen-bond donors (Lipinski definition) is 2. The van der Waals surface area contributed by atoms with Gasteiger partial charge in [-0.15, -0.1) is 0 Å². The Labute approximate surface area is 96.1 Å². The molecule has 0 aliphatic carbocycles. The molecule has 0 heterocycles. The monoisotopic (exact) mass is 212 g/mol. The van der Waals surface area contributed by atoms with Crippen molar-refractivity contribution in [1.29, 1.82) is 0 Å². The van der Waals surface area contributed by atoms with Crippen LogP contribution in [0.5, 0.6) is 0 Å². The van der Waals surface area contributed by atoms with Gasteiger partial charge in [0.05, 0.1) is 0 Å². The van der Waals surface area contributed by atoms with E-state index in [1.54, 1.807) is 0 Å². The first-order valence-corrected chi connectivity index (χ1v) is 5.49. The van der Waals surface area contributed by atoms with E-state index in [9.17, 15) is 0 Å². The molecule has 2 heteroatoms. The highest BCUT2D eigenvalue weighted by molar-refractivity contribution is 5.67. The third-order valence-electron chi connectivity index (χ3n) is 2.51. The lowest BCUT2D eigenvalue weighted by Crippen LogP contribution is -1.95. The maximum absolute atomic E-state index is 5.66. The van der Waals surface area contributed by atoms with E-state index in [1.807, 2.05) is 24.3 Å². The molecule has 0 atom stereocenters. The van der Waals surface area contributed by atoms with Crippen LogP contribution in [0.4, 0.5) is 11.4 Å². The summed E-state index contributed by atoms with van der Waals surface area (Å²) in [6.45, 7) is 3.04. The predicted molar refractivity (Wildman–Crippen MR) is 70.5 cm³/mol. The van der Waals surface area contributed by atoms with E-state index in [0.717, 1.165) is 17.9 Å². The van der Waals surface area contributed by atoms with Crippen molar-refractivity contribution in [2.75, 3.05) is 17.6 Å². The molecule has 0 saturated heterocycles. The second-order valence-electron chi connectivity index (χ2n) is 3.73. The highest BCUT2D eigenvalue weighted by Crippen LogP contribution is 2.22. The van der Waals surface area contributed by atoms with Gasteiger partial charge in [0.2, 0.25) is 0 Å². The maximum atomic E-state index is 5.66. The first-order chi connectivity index (χ1) is 7.79. The molecule has 0 amide bonds. The second-order valence-corrected chi connectivity index (χ2v) is 3.73. The molecule has 0 aliphatic heterocycles. The number of nitrogen functional groups attached to an aromatic ring is 1. The van der Waals surface area contributed by atoms with Gasteiger partial charge in [-0.1, -0.05) is 24.3 Å². The first-order valence-electron chi connectivity index (χ1n) is 5.49. The van der Waals surface area contributed by atoms with Crippen LogP contribution >= 0.6 is 0 Å². The largest absolute Gasteiger partial charge is 0.399 e. The van der Waals surface area contributed by atoms with Crippen molar-refractivity contribution in [3.8, 4) is 11.1 Å². The normalized spacial score (nSPS) is 10.1. The minimum atomic E-state index is 0.799. The van der Waals surface area contributed by atoms with Gasteiger partial charge in [-0.2, -0.15) is 0 Å². The van der Waals surface area contributed by atoms with Crippen LogP contribution in [-0.4, -0.2) is 6.54 Å². The summed E-state index contributed by atoms with van der Waals surface area (Å²) in [5.74, 6) is 0. The van der Waals surface area contributed by atoms with Gasteiger partial charge in [-0.25, -0.2) is 0 Å². The minimum Gasteiger partial charge on any atom is -0.399 e. The Morgan fingerprint density at radius 3 is 1.88 bits per heavy atom. The molecule has 3 N–H and O–H groups in total. The Morgan fingerprint density at radius 1 is 0.875 bits per heavy atom. The summed E-state index contributed by atoms with van der Waals surface area (Å²) in [7, 11) is 0. The van der Waals surface area contributed by atoms with E-state index in [2.05, 4.69) is 36.5 Å². The summed E-state index contributed by atoms with van der Waals surface area (Å²) in [5, 5.41) is 3.28. The van der Waals surface area contributed by atoms with E-state index in [0.29, 0.717) is 0 Å². The zero-order valence-electron chi connectivity index (χ0n) is 9.40. The molecule has 0 radical (unpaired) electrons. The van der Waals surface area contributed by atoms with Crippen molar-refractivity contribution in [3.05, 3.63) is 48.5 Å². The van der Waals surface area contributed by atoms with Gasteiger partial charge in [0, 0.05) is 17.9 Å². The third-order valence-corrected chi connectivity index (χ3v) is 2.51. The van der Waals surface area contributed by atoms with Crippen LogP contribution in [0.3, 0.4) is 0 Å². The molecule has 0 spiro atoms. The summed E-state index contributed by atoms with van der Waals surface area (Å²) in [5.41, 5.74) is 10.0. The average molecular weight is 212 g/mol. The Hall–Kier alpha value is -1.96. The lowest BCUT2D eigenvalue weighted by atomic mass is 10.1. The molecule has 82 valence electrons. The molecule has 0 fully saturated rings. The number of anilines is 2. The number of hydrogen-bond acceptors (Lipinski definition) is 2. The van der Waals surface area contributed by atoms with E-state index < -0.39 is 0 Å². The van der Waals surface area contributed by atoms with E-state index in [4.69, 9.17) is 5.73 Å². The standard InChI is InChI=1S/C14H16N2/c1-2-16-14-9-5-12(6-10-14)11-3-7-13(15)8-4-11/h3-10,16H,2,15H2,1H3. The van der Waals surface area contributed by atoms with Crippen LogP contribution in [0.1, 0.15) is 6.92 Å². The van der Waals surface area contributed by atoms with Crippen LogP contribution in [0.15, 0.2) is 48.5 Å². The van der Waals surface area contributed by atoms with Crippen LogP contribution in [-0.2, 0) is 0 Å². The van der Waals surface area contributed by atoms with Gasteiger partial charge >= 0.3 is 0 Å². The van der Waals surface area contributed by atoms with E-state index in [-0.39, 0.29) is 0 Å². The zero-order chi connectivity index (χ0) is 11.4. The number of benzene rings is 2. The quantitative estimate of drug-likeness (QED) is 0.765. The van der Waals surface area contributed by atoms with Gasteiger partial charge in [-0.3, -0.25) is 0 Å². The zero-order valence-corrected chi connectivity index (χ0v) is 9.40. The lowest BCUT2D eigenvalue weighted by molar-refractivity contribution is 1.21. The molecule has 2 aromatic rings. The Kier molecular flexibility index (Phi) is 3.10. The van der Waals surface area contributed by atoms with Gasteiger partial charge in [-0.05, 0) is 42.3 Å². The van der Waals surface area contributed by atoms with Crippen molar-refractivity contribution in [1.82, 2.24) is 0 Å². The SMILES string of the molecule is CCNc1ccc(-c2ccc(N)cc2)cc1. The maximum Gasteiger partial charge on any atom is 0.0340 e. The van der Waals surface area contributed by atoms with Gasteiger partial charge < -0.3 is 11.1 Å². The number of nitrogens with one attached hydrogen (secondary N) is 1. The Balaban J connectivity index is 2.24. The van der Waals surface area contributed by atoms with Crippen molar-refractivity contribution >= 4 is 11.4 Å². The topological polar surface area (TPSA) is 38.0 Å². The third kappa shape index (κ3) is 2.34. The van der Waals surface area contributed by atoms with Crippen LogP contribution in [0.2, 0.25) is 0 Å². The summed E-state index contributed by atoms with van der Waals surface area (Å²) >= 11 is 0. The molecule has 0 saturated carbocycles. The van der Waals surface area contributed by atoms with Crippen molar-refractivity contribution in [2.45, 2.75) is 6.92 Å². The molecular weight excluding hydrogens is 196 g/mol. The number of nitrogens with two attached hydrogens (primary N) is 1. The van der Waals surface area contributed by atoms with E-state index in [1.165, 1.54) is 11.1 Å². The van der Waals surface area contributed by atoms with Gasteiger partial charge in [0.25, 0.3) is 0 Å². The van der Waals surface area contributed by atoms with Crippen LogP contribution in [0, 0.1) is 0 Å². The van der Waals surface area contributed by atoms with Crippen molar-refractivity contribution < 1.29 is 0 Å². The van der Waals surface area contributed by atoms with Crippen molar-refractivity contribution in [3.63, 3.8) is 0 Å². The van der Waals surface area contributed by atoms with Gasteiger partial charge in [0.1, 0.15) is 0 Å². The Morgan fingerprint density at radius 2 is 1.38 bits per heavy atom. The summed E-state index contributed by atoms with van der Waals surface area (Å²) in [6, 6.07) is 16.3. The highest BCUT2D eigenvalue weighted by Gasteiger charge is 1.97. The van der Waals surface area contributed by atoms with Gasteiger partial charge in [0.15, 0.2) is 0 Å². The molecule has 0 unspecified atom stereocenters. The molecule has 2 rings (SSSR count). The van der Waals surface area contributed by atoms with Crippen LogP contribution in [0.25, 0.3) is 11.1 Å². The summed E-state index contributed by atoms with van der Waals surface area (Å²) < 4.78 is 0. The Bertz CT molecular complexity index is 443. The highest BCUT2D eigenvalue weighted by atomic mass is 14.8. The molecule has 2 aromatic carbocycles. The predicted octanol–water partition coefficient (Wildman–Crippen LogP) is 3.37. The minimum absolute atomic E-state index is 0.799. The molecular formula is C14H16N2. The number of rotatable bonds is 3.